The molecule has 2 atom stereocenters. The Morgan fingerprint density at radius 3 is 3.14 bits per heavy atom. The van der Waals surface area contributed by atoms with E-state index in [0.29, 0.717) is 0 Å². The van der Waals surface area contributed by atoms with Crippen molar-refractivity contribution in [1.29, 1.82) is 0 Å². The third-order valence-electron chi connectivity index (χ3n) is 4.03. The molecule has 3 aliphatic carbocycles. The lowest BCUT2D eigenvalue weighted by atomic mass is 9.70. The lowest BCUT2D eigenvalue weighted by molar-refractivity contribution is 0.363. The number of rotatable bonds is 0. The van der Waals surface area contributed by atoms with Crippen molar-refractivity contribution < 1.29 is 0 Å². The Morgan fingerprint density at radius 2 is 2.14 bits per heavy atom. The SMILES string of the molecule is C1=CCC2CC3CCCCC3=CC2=C1. The van der Waals surface area contributed by atoms with Crippen LogP contribution in [0.2, 0.25) is 0 Å². The zero-order valence-corrected chi connectivity index (χ0v) is 8.71. The predicted molar refractivity (Wildman–Crippen MR) is 60.0 cm³/mol. The zero-order chi connectivity index (χ0) is 9.38. The maximum absolute atomic E-state index is 2.52. The summed E-state index contributed by atoms with van der Waals surface area (Å²) in [6, 6.07) is 0. The Kier molecular flexibility index (Phi) is 2.08. The highest BCUT2D eigenvalue weighted by Gasteiger charge is 2.28. The van der Waals surface area contributed by atoms with Crippen LogP contribution < -0.4 is 0 Å². The standard InChI is InChI=1S/C14H18/c1-2-6-12-10-14-8-4-3-7-13(14)9-11(12)5-1/h1-2,5,9,12,14H,3-4,6-8,10H2. The van der Waals surface area contributed by atoms with Gasteiger partial charge in [-0.05, 0) is 49.5 Å². The molecule has 2 unspecified atom stereocenters. The molecule has 74 valence electrons. The molecule has 0 saturated heterocycles. The maximum atomic E-state index is 2.52. The molecule has 0 aromatic carbocycles. The molecule has 0 aromatic rings. The van der Waals surface area contributed by atoms with Crippen molar-refractivity contribution in [2.75, 3.05) is 0 Å². The molecular formula is C14H18. The first-order chi connectivity index (χ1) is 6.93. The summed E-state index contributed by atoms with van der Waals surface area (Å²) < 4.78 is 0. The van der Waals surface area contributed by atoms with Crippen LogP contribution in [-0.2, 0) is 0 Å². The minimum atomic E-state index is 0.854. The first-order valence-electron chi connectivity index (χ1n) is 6.00. The van der Waals surface area contributed by atoms with Gasteiger partial charge in [-0.15, -0.1) is 0 Å². The van der Waals surface area contributed by atoms with Crippen LogP contribution in [0.15, 0.2) is 35.5 Å². The van der Waals surface area contributed by atoms with Gasteiger partial charge in [0, 0.05) is 0 Å². The normalized spacial score (nSPS) is 35.4. The summed E-state index contributed by atoms with van der Waals surface area (Å²) >= 11 is 0. The second-order valence-electron chi connectivity index (χ2n) is 4.93. The topological polar surface area (TPSA) is 0 Å². The average Bonchev–Trinajstić information content (AvgIpc) is 2.26. The summed E-state index contributed by atoms with van der Waals surface area (Å²) in [6.45, 7) is 0. The lowest BCUT2D eigenvalue weighted by Gasteiger charge is -2.35. The highest BCUT2D eigenvalue weighted by Crippen LogP contribution is 2.42. The van der Waals surface area contributed by atoms with E-state index in [1.165, 1.54) is 38.5 Å². The van der Waals surface area contributed by atoms with E-state index in [1.54, 1.807) is 11.1 Å². The Morgan fingerprint density at radius 1 is 1.14 bits per heavy atom. The summed E-state index contributed by atoms with van der Waals surface area (Å²) in [5, 5.41) is 0. The van der Waals surface area contributed by atoms with Crippen LogP contribution in [0.1, 0.15) is 38.5 Å². The van der Waals surface area contributed by atoms with Crippen molar-refractivity contribution in [3.63, 3.8) is 0 Å². The van der Waals surface area contributed by atoms with Crippen LogP contribution in [0.25, 0.3) is 0 Å². The van der Waals surface area contributed by atoms with Crippen LogP contribution in [0, 0.1) is 11.8 Å². The molecule has 0 aromatic heterocycles. The van der Waals surface area contributed by atoms with Crippen molar-refractivity contribution in [2.24, 2.45) is 11.8 Å². The van der Waals surface area contributed by atoms with Gasteiger partial charge in [0.2, 0.25) is 0 Å². The Bertz CT molecular complexity index is 317. The maximum Gasteiger partial charge on any atom is -0.0122 e. The van der Waals surface area contributed by atoms with E-state index in [-0.39, 0.29) is 0 Å². The molecule has 0 N–H and O–H groups in total. The van der Waals surface area contributed by atoms with E-state index in [0.717, 1.165) is 11.8 Å². The molecule has 0 heteroatoms. The minimum absolute atomic E-state index is 0.854. The van der Waals surface area contributed by atoms with Gasteiger partial charge in [-0.3, -0.25) is 0 Å². The van der Waals surface area contributed by atoms with Gasteiger partial charge in [0.25, 0.3) is 0 Å². The molecule has 0 heterocycles. The molecule has 3 rings (SSSR count). The lowest BCUT2D eigenvalue weighted by Crippen LogP contribution is -2.21. The molecule has 0 nitrogen and oxygen atoms in total. The highest BCUT2D eigenvalue weighted by molar-refractivity contribution is 5.37. The van der Waals surface area contributed by atoms with Gasteiger partial charge >= 0.3 is 0 Å². The van der Waals surface area contributed by atoms with Crippen LogP contribution in [-0.4, -0.2) is 0 Å². The van der Waals surface area contributed by atoms with Gasteiger partial charge in [0.15, 0.2) is 0 Å². The van der Waals surface area contributed by atoms with Crippen LogP contribution >= 0.6 is 0 Å². The van der Waals surface area contributed by atoms with E-state index in [2.05, 4.69) is 24.3 Å². The summed E-state index contributed by atoms with van der Waals surface area (Å²) in [5.41, 5.74) is 3.37. The molecule has 0 amide bonds. The zero-order valence-electron chi connectivity index (χ0n) is 8.71. The summed E-state index contributed by atoms with van der Waals surface area (Å²) in [6.07, 6.45) is 17.8. The molecule has 14 heavy (non-hydrogen) atoms. The third-order valence-corrected chi connectivity index (χ3v) is 4.03. The van der Waals surface area contributed by atoms with E-state index in [4.69, 9.17) is 0 Å². The van der Waals surface area contributed by atoms with Gasteiger partial charge in [-0.1, -0.05) is 36.3 Å². The van der Waals surface area contributed by atoms with Gasteiger partial charge in [-0.25, -0.2) is 0 Å². The number of hydrogen-bond donors (Lipinski definition) is 0. The first kappa shape index (κ1) is 8.52. The van der Waals surface area contributed by atoms with Crippen LogP contribution in [0.3, 0.4) is 0 Å². The Labute approximate surface area is 86.4 Å². The monoisotopic (exact) mass is 186 g/mol. The quantitative estimate of drug-likeness (QED) is 0.536. The summed E-state index contributed by atoms with van der Waals surface area (Å²) in [4.78, 5) is 0. The predicted octanol–water partition coefficient (Wildman–Crippen LogP) is 4.01. The van der Waals surface area contributed by atoms with E-state index < -0.39 is 0 Å². The van der Waals surface area contributed by atoms with Crippen molar-refractivity contribution in [3.8, 4) is 0 Å². The van der Waals surface area contributed by atoms with Gasteiger partial charge < -0.3 is 0 Å². The van der Waals surface area contributed by atoms with Crippen LogP contribution in [0.5, 0.6) is 0 Å². The Hall–Kier alpha value is -0.780. The molecule has 0 bridgehead atoms. The summed E-state index contributed by atoms with van der Waals surface area (Å²) in [5.74, 6) is 1.80. The fourth-order valence-electron chi connectivity index (χ4n) is 3.22. The number of hydrogen-bond acceptors (Lipinski definition) is 0. The second kappa shape index (κ2) is 3.42. The summed E-state index contributed by atoms with van der Waals surface area (Å²) in [7, 11) is 0. The first-order valence-corrected chi connectivity index (χ1v) is 6.00. The van der Waals surface area contributed by atoms with Gasteiger partial charge in [0.1, 0.15) is 0 Å². The van der Waals surface area contributed by atoms with Crippen LogP contribution in [0.4, 0.5) is 0 Å². The number of fused-ring (bicyclic) bond motifs is 2. The molecule has 0 aliphatic heterocycles. The fraction of sp³-hybridized carbons (Fsp3) is 0.571. The molecule has 0 radical (unpaired) electrons. The van der Waals surface area contributed by atoms with E-state index >= 15 is 0 Å². The van der Waals surface area contributed by atoms with E-state index in [1.807, 2.05) is 0 Å². The molecule has 3 aliphatic rings. The minimum Gasteiger partial charge on any atom is -0.0839 e. The van der Waals surface area contributed by atoms with E-state index in [9.17, 15) is 0 Å². The Balaban J connectivity index is 1.92. The fourth-order valence-corrected chi connectivity index (χ4v) is 3.22. The molecule has 1 saturated carbocycles. The van der Waals surface area contributed by atoms with Crippen molar-refractivity contribution in [2.45, 2.75) is 38.5 Å². The van der Waals surface area contributed by atoms with Gasteiger partial charge in [0.05, 0.1) is 0 Å². The molecule has 1 fully saturated rings. The smallest absolute Gasteiger partial charge is 0.0122 e. The second-order valence-corrected chi connectivity index (χ2v) is 4.93. The molecule has 0 spiro atoms. The average molecular weight is 186 g/mol. The third kappa shape index (κ3) is 1.37. The largest absolute Gasteiger partial charge is 0.0839 e. The molecular weight excluding hydrogens is 168 g/mol. The van der Waals surface area contributed by atoms with Crippen molar-refractivity contribution >= 4 is 0 Å². The van der Waals surface area contributed by atoms with Gasteiger partial charge in [-0.2, -0.15) is 0 Å². The number of allylic oxidation sites excluding steroid dienone is 6. The van der Waals surface area contributed by atoms with Crippen molar-refractivity contribution in [1.82, 2.24) is 0 Å². The van der Waals surface area contributed by atoms with Crippen molar-refractivity contribution in [3.05, 3.63) is 35.5 Å². The highest BCUT2D eigenvalue weighted by atomic mass is 14.3.